The summed E-state index contributed by atoms with van der Waals surface area (Å²) in [5, 5.41) is 5.10. The van der Waals surface area contributed by atoms with E-state index in [0.717, 1.165) is 45.7 Å². The van der Waals surface area contributed by atoms with E-state index < -0.39 is 0 Å². The van der Waals surface area contributed by atoms with Crippen molar-refractivity contribution in [1.29, 1.82) is 0 Å². The summed E-state index contributed by atoms with van der Waals surface area (Å²) in [7, 11) is 0. The Bertz CT molecular complexity index is 1230. The lowest BCUT2D eigenvalue weighted by molar-refractivity contribution is 0.700. The lowest BCUT2D eigenvalue weighted by Crippen LogP contribution is -2.10. The van der Waals surface area contributed by atoms with Crippen molar-refractivity contribution in [2.24, 2.45) is 0 Å². The van der Waals surface area contributed by atoms with Crippen LogP contribution in [0.4, 0.5) is 0 Å². The molecule has 5 rings (SSSR count). The highest BCUT2D eigenvalue weighted by Crippen LogP contribution is 2.35. The number of H-pyrrole nitrogens is 1. The number of halogens is 1. The summed E-state index contributed by atoms with van der Waals surface area (Å²) in [4.78, 5) is 27.2. The molecule has 8 heteroatoms. The van der Waals surface area contributed by atoms with Crippen LogP contribution in [0.3, 0.4) is 0 Å². The number of fused-ring (bicyclic) bond motifs is 3. The molecule has 4 nitrogen and oxygen atoms in total. The number of thiophene rings is 1. The van der Waals surface area contributed by atoms with Crippen LogP contribution in [0.1, 0.15) is 29.0 Å². The maximum absolute atomic E-state index is 12.6. The molecule has 0 fully saturated rings. The summed E-state index contributed by atoms with van der Waals surface area (Å²) in [6.07, 6.45) is 4.43. The van der Waals surface area contributed by atoms with Crippen LogP contribution in [0.15, 0.2) is 39.6 Å². The first-order valence-electron chi connectivity index (χ1n) is 9.06. The maximum Gasteiger partial charge on any atom is 0.260 e. The molecule has 0 atom stereocenters. The van der Waals surface area contributed by atoms with Crippen molar-refractivity contribution in [2.75, 3.05) is 0 Å². The predicted octanol–water partition coefficient (Wildman–Crippen LogP) is 5.93. The Morgan fingerprint density at radius 2 is 2.04 bits per heavy atom. The van der Waals surface area contributed by atoms with Crippen LogP contribution in [0.5, 0.6) is 0 Å². The van der Waals surface area contributed by atoms with Gasteiger partial charge in [0.2, 0.25) is 0 Å². The van der Waals surface area contributed by atoms with Crippen molar-refractivity contribution >= 4 is 56.3 Å². The first kappa shape index (κ1) is 18.4. The molecule has 4 aromatic rings. The fourth-order valence-corrected chi connectivity index (χ4v) is 6.80. The van der Waals surface area contributed by atoms with E-state index in [-0.39, 0.29) is 5.56 Å². The quantitative estimate of drug-likeness (QED) is 0.312. The van der Waals surface area contributed by atoms with E-state index in [9.17, 15) is 4.79 Å². The molecule has 1 aliphatic rings. The van der Waals surface area contributed by atoms with Gasteiger partial charge in [-0.05, 0) is 37.3 Å². The molecule has 1 aliphatic carbocycles. The van der Waals surface area contributed by atoms with E-state index >= 15 is 0 Å². The number of nitrogens with one attached hydrogen (secondary N) is 1. The van der Waals surface area contributed by atoms with Crippen LogP contribution in [-0.2, 0) is 18.6 Å². The molecule has 142 valence electrons. The number of thioether (sulfide) groups is 1. The Hall–Kier alpha value is -1.67. The van der Waals surface area contributed by atoms with Crippen LogP contribution in [0.2, 0.25) is 5.02 Å². The molecule has 0 bridgehead atoms. The third kappa shape index (κ3) is 3.41. The standard InChI is InChI=1S/C20H16ClN3OS3/c21-14-7-3-1-5-12(14)18-22-11(9-26-18)10-27-20-23-17(25)16-13-6-2-4-8-15(13)28-19(16)24-20/h1,3,5,7,9H,2,4,6,8,10H2,(H,23,24,25). The zero-order valence-corrected chi connectivity index (χ0v) is 18.0. The van der Waals surface area contributed by atoms with Crippen LogP contribution >= 0.6 is 46.0 Å². The van der Waals surface area contributed by atoms with Gasteiger partial charge in [0.1, 0.15) is 9.84 Å². The number of benzene rings is 1. The lowest BCUT2D eigenvalue weighted by atomic mass is 9.97. The third-order valence-electron chi connectivity index (χ3n) is 4.82. The Morgan fingerprint density at radius 3 is 2.93 bits per heavy atom. The number of aromatic amines is 1. The van der Waals surface area contributed by atoms with Crippen molar-refractivity contribution < 1.29 is 0 Å². The van der Waals surface area contributed by atoms with E-state index in [1.165, 1.54) is 28.6 Å². The van der Waals surface area contributed by atoms with Gasteiger partial charge in [0.05, 0.1) is 16.1 Å². The Balaban J connectivity index is 1.38. The second-order valence-electron chi connectivity index (χ2n) is 6.67. The van der Waals surface area contributed by atoms with Gasteiger partial charge in [0.15, 0.2) is 5.16 Å². The van der Waals surface area contributed by atoms with Gasteiger partial charge in [-0.3, -0.25) is 4.79 Å². The summed E-state index contributed by atoms with van der Waals surface area (Å²) in [6.45, 7) is 0. The van der Waals surface area contributed by atoms with Crippen molar-refractivity contribution in [3.05, 3.63) is 61.2 Å². The largest absolute Gasteiger partial charge is 0.301 e. The van der Waals surface area contributed by atoms with Gasteiger partial charge in [-0.25, -0.2) is 9.97 Å². The zero-order valence-electron chi connectivity index (χ0n) is 14.8. The van der Waals surface area contributed by atoms with E-state index in [0.29, 0.717) is 15.9 Å². The monoisotopic (exact) mass is 445 g/mol. The van der Waals surface area contributed by atoms with E-state index in [1.807, 2.05) is 29.6 Å². The minimum absolute atomic E-state index is 0.0121. The zero-order chi connectivity index (χ0) is 19.1. The molecule has 1 aromatic carbocycles. The van der Waals surface area contributed by atoms with E-state index in [1.54, 1.807) is 22.7 Å². The van der Waals surface area contributed by atoms with E-state index in [2.05, 4.69) is 4.98 Å². The molecule has 28 heavy (non-hydrogen) atoms. The number of hydrogen-bond donors (Lipinski definition) is 1. The van der Waals surface area contributed by atoms with Gasteiger partial charge >= 0.3 is 0 Å². The number of rotatable bonds is 4. The normalized spacial score (nSPS) is 13.8. The van der Waals surface area contributed by atoms with Crippen LogP contribution < -0.4 is 5.56 Å². The second-order valence-corrected chi connectivity index (χ2v) is 9.99. The molecular formula is C20H16ClN3OS3. The molecule has 3 aromatic heterocycles. The fraction of sp³-hybridized carbons (Fsp3) is 0.250. The number of aryl methyl sites for hydroxylation is 2. The Morgan fingerprint density at radius 1 is 1.18 bits per heavy atom. The predicted molar refractivity (Wildman–Crippen MR) is 119 cm³/mol. The molecular weight excluding hydrogens is 430 g/mol. The smallest absolute Gasteiger partial charge is 0.260 e. The van der Waals surface area contributed by atoms with Gasteiger partial charge in [-0.2, -0.15) is 0 Å². The van der Waals surface area contributed by atoms with Crippen molar-refractivity contribution in [3.8, 4) is 10.6 Å². The summed E-state index contributed by atoms with van der Waals surface area (Å²) < 4.78 is 0. The molecule has 0 saturated heterocycles. The first-order valence-corrected chi connectivity index (χ1v) is 12.1. The minimum atomic E-state index is -0.0121. The molecule has 1 N–H and O–H groups in total. The van der Waals surface area contributed by atoms with Crippen molar-refractivity contribution in [1.82, 2.24) is 15.0 Å². The highest BCUT2D eigenvalue weighted by atomic mass is 35.5. The summed E-state index contributed by atoms with van der Waals surface area (Å²) >= 11 is 11.0. The molecule has 0 unspecified atom stereocenters. The highest BCUT2D eigenvalue weighted by Gasteiger charge is 2.20. The summed E-state index contributed by atoms with van der Waals surface area (Å²) in [6, 6.07) is 7.72. The van der Waals surface area contributed by atoms with Gasteiger partial charge < -0.3 is 4.98 Å². The van der Waals surface area contributed by atoms with Gasteiger partial charge in [0.25, 0.3) is 5.56 Å². The molecule has 0 spiro atoms. The van der Waals surface area contributed by atoms with Gasteiger partial charge in [-0.15, -0.1) is 22.7 Å². The molecule has 0 aliphatic heterocycles. The summed E-state index contributed by atoms with van der Waals surface area (Å²) in [5.74, 6) is 0.653. The van der Waals surface area contributed by atoms with Crippen LogP contribution in [0, 0.1) is 0 Å². The fourth-order valence-electron chi connectivity index (χ4n) is 3.49. The number of hydrogen-bond acceptors (Lipinski definition) is 6. The van der Waals surface area contributed by atoms with Crippen LogP contribution in [0.25, 0.3) is 20.8 Å². The molecule has 3 heterocycles. The number of nitrogens with zero attached hydrogens (tertiary/aromatic N) is 2. The SMILES string of the molecule is O=c1[nH]c(SCc2csc(-c3ccccc3Cl)n2)nc2sc3c(c12)CCCC3. The van der Waals surface area contributed by atoms with Crippen molar-refractivity contribution in [2.45, 2.75) is 36.6 Å². The third-order valence-corrected chi connectivity index (χ3v) is 8.16. The molecule has 0 saturated carbocycles. The van der Waals surface area contributed by atoms with Gasteiger partial charge in [-0.1, -0.05) is 41.6 Å². The summed E-state index contributed by atoms with van der Waals surface area (Å²) in [5.41, 5.74) is 3.11. The Kier molecular flexibility index (Phi) is 5.00. The minimum Gasteiger partial charge on any atom is -0.301 e. The maximum atomic E-state index is 12.6. The van der Waals surface area contributed by atoms with E-state index in [4.69, 9.17) is 21.6 Å². The van der Waals surface area contributed by atoms with Crippen molar-refractivity contribution in [3.63, 3.8) is 0 Å². The molecule has 0 radical (unpaired) electrons. The average Bonchev–Trinajstić information content (AvgIpc) is 3.31. The second kappa shape index (κ2) is 7.63. The number of aromatic nitrogens is 3. The average molecular weight is 446 g/mol. The lowest BCUT2D eigenvalue weighted by Gasteiger charge is -2.09. The van der Waals surface area contributed by atoms with Crippen LogP contribution in [-0.4, -0.2) is 15.0 Å². The topological polar surface area (TPSA) is 58.6 Å². The highest BCUT2D eigenvalue weighted by molar-refractivity contribution is 7.98. The molecule has 0 amide bonds. The van der Waals surface area contributed by atoms with Gasteiger partial charge in [0, 0.05) is 21.6 Å². The first-order chi connectivity index (χ1) is 13.7. The Labute approximate surface area is 179 Å². The number of thiazole rings is 1.